The Morgan fingerprint density at radius 1 is 1.21 bits per heavy atom. The van der Waals surface area contributed by atoms with Gasteiger partial charge in [0.1, 0.15) is 5.82 Å². The summed E-state index contributed by atoms with van der Waals surface area (Å²) in [6.07, 6.45) is 1.78. The van der Waals surface area contributed by atoms with Crippen molar-refractivity contribution in [1.82, 2.24) is 9.55 Å². The van der Waals surface area contributed by atoms with E-state index in [1.807, 2.05) is 0 Å². The van der Waals surface area contributed by atoms with E-state index in [2.05, 4.69) is 55.6 Å². The highest BCUT2D eigenvalue weighted by atomic mass is 15.1. The Balaban J connectivity index is 2.35. The van der Waals surface area contributed by atoms with E-state index in [-0.39, 0.29) is 0 Å². The molecule has 3 heteroatoms. The topological polar surface area (TPSA) is 43.8 Å². The first kappa shape index (κ1) is 13.8. The molecule has 3 nitrogen and oxygen atoms in total. The molecule has 0 saturated heterocycles. The Bertz CT molecular complexity index is 582. The molecule has 102 valence electrons. The number of hydrogen-bond donors (Lipinski definition) is 1. The number of hydrogen-bond acceptors (Lipinski definition) is 2. The molecular weight excluding hydrogens is 234 g/mol. The predicted octanol–water partition coefficient (Wildman–Crippen LogP) is 2.44. The van der Waals surface area contributed by atoms with Crippen LogP contribution in [0.5, 0.6) is 0 Å². The Morgan fingerprint density at radius 2 is 1.95 bits per heavy atom. The fourth-order valence-electron chi connectivity index (χ4n) is 2.50. The average Bonchev–Trinajstić information content (AvgIpc) is 2.62. The van der Waals surface area contributed by atoms with Gasteiger partial charge in [0.05, 0.1) is 5.69 Å². The SMILES string of the molecule is Cc1ccc(C)c(Cc2c(C)nc(CCN)n2C)c1. The summed E-state index contributed by atoms with van der Waals surface area (Å²) in [5, 5.41) is 0. The molecule has 0 radical (unpaired) electrons. The fraction of sp³-hybridized carbons (Fsp3) is 0.438. The molecule has 0 unspecified atom stereocenters. The third-order valence-electron chi connectivity index (χ3n) is 3.74. The quantitative estimate of drug-likeness (QED) is 0.914. The van der Waals surface area contributed by atoms with E-state index in [1.54, 1.807) is 0 Å². The number of benzene rings is 1. The highest BCUT2D eigenvalue weighted by Crippen LogP contribution is 2.19. The van der Waals surface area contributed by atoms with Crippen molar-refractivity contribution in [2.24, 2.45) is 12.8 Å². The lowest BCUT2D eigenvalue weighted by Crippen LogP contribution is -2.09. The second-order valence-electron chi connectivity index (χ2n) is 5.26. The van der Waals surface area contributed by atoms with Gasteiger partial charge in [0.2, 0.25) is 0 Å². The maximum absolute atomic E-state index is 5.63. The van der Waals surface area contributed by atoms with E-state index < -0.39 is 0 Å². The molecule has 0 aliphatic rings. The maximum Gasteiger partial charge on any atom is 0.110 e. The van der Waals surface area contributed by atoms with Crippen LogP contribution in [0.3, 0.4) is 0 Å². The van der Waals surface area contributed by atoms with Crippen molar-refractivity contribution in [3.05, 3.63) is 52.1 Å². The van der Waals surface area contributed by atoms with Gasteiger partial charge in [0.25, 0.3) is 0 Å². The van der Waals surface area contributed by atoms with Crippen LogP contribution in [0.4, 0.5) is 0 Å². The van der Waals surface area contributed by atoms with E-state index in [4.69, 9.17) is 5.73 Å². The zero-order chi connectivity index (χ0) is 14.0. The molecule has 2 rings (SSSR count). The molecule has 1 heterocycles. The Hall–Kier alpha value is -1.61. The summed E-state index contributed by atoms with van der Waals surface area (Å²) >= 11 is 0. The highest BCUT2D eigenvalue weighted by Gasteiger charge is 2.12. The smallest absolute Gasteiger partial charge is 0.110 e. The van der Waals surface area contributed by atoms with Crippen molar-refractivity contribution in [1.29, 1.82) is 0 Å². The standard InChI is InChI=1S/C16H23N3/c1-11-5-6-12(2)14(9-11)10-15-13(3)18-16(7-8-17)19(15)4/h5-6,9H,7-8,10,17H2,1-4H3. The summed E-state index contributed by atoms with van der Waals surface area (Å²) < 4.78 is 2.20. The Kier molecular flexibility index (Phi) is 4.05. The first-order valence-corrected chi connectivity index (χ1v) is 6.80. The summed E-state index contributed by atoms with van der Waals surface area (Å²) in [5.74, 6) is 1.08. The number of rotatable bonds is 4. The second-order valence-corrected chi connectivity index (χ2v) is 5.26. The minimum atomic E-state index is 0.646. The van der Waals surface area contributed by atoms with E-state index in [0.29, 0.717) is 6.54 Å². The van der Waals surface area contributed by atoms with Crippen LogP contribution in [0.2, 0.25) is 0 Å². The summed E-state index contributed by atoms with van der Waals surface area (Å²) in [5.41, 5.74) is 12.1. The fourth-order valence-corrected chi connectivity index (χ4v) is 2.50. The number of aryl methyl sites for hydroxylation is 3. The van der Waals surface area contributed by atoms with Gasteiger partial charge >= 0.3 is 0 Å². The van der Waals surface area contributed by atoms with Crippen LogP contribution >= 0.6 is 0 Å². The lowest BCUT2D eigenvalue weighted by atomic mass is 10.0. The van der Waals surface area contributed by atoms with Crippen LogP contribution in [0.1, 0.15) is 33.9 Å². The molecule has 2 N–H and O–H groups in total. The molecule has 1 aromatic heterocycles. The van der Waals surface area contributed by atoms with E-state index in [9.17, 15) is 0 Å². The molecule has 0 amide bonds. The van der Waals surface area contributed by atoms with E-state index in [1.165, 1.54) is 22.4 Å². The number of nitrogens with zero attached hydrogens (tertiary/aromatic N) is 2. The first-order valence-electron chi connectivity index (χ1n) is 6.80. The number of imidazole rings is 1. The van der Waals surface area contributed by atoms with Crippen molar-refractivity contribution >= 4 is 0 Å². The highest BCUT2D eigenvalue weighted by molar-refractivity contribution is 5.35. The zero-order valence-electron chi connectivity index (χ0n) is 12.3. The molecule has 0 bridgehead atoms. The zero-order valence-corrected chi connectivity index (χ0v) is 12.3. The third-order valence-corrected chi connectivity index (χ3v) is 3.74. The lowest BCUT2D eigenvalue weighted by molar-refractivity contribution is 0.749. The minimum Gasteiger partial charge on any atom is -0.334 e. The molecule has 2 aromatic rings. The maximum atomic E-state index is 5.63. The van der Waals surface area contributed by atoms with Gasteiger partial charge in [0, 0.05) is 25.6 Å². The van der Waals surface area contributed by atoms with Gasteiger partial charge in [-0.2, -0.15) is 0 Å². The molecule has 0 aliphatic carbocycles. The molecular formula is C16H23N3. The van der Waals surface area contributed by atoms with Crippen molar-refractivity contribution in [2.75, 3.05) is 6.54 Å². The molecule has 1 aromatic carbocycles. The molecule has 0 spiro atoms. The lowest BCUT2D eigenvalue weighted by Gasteiger charge is -2.10. The minimum absolute atomic E-state index is 0.646. The van der Waals surface area contributed by atoms with Crippen molar-refractivity contribution in [3.8, 4) is 0 Å². The Labute approximate surface area is 115 Å². The number of nitrogens with two attached hydrogens (primary N) is 1. The molecule has 0 atom stereocenters. The summed E-state index contributed by atoms with van der Waals surface area (Å²) in [6.45, 7) is 7.04. The summed E-state index contributed by atoms with van der Waals surface area (Å²) in [7, 11) is 2.09. The number of aromatic nitrogens is 2. The molecule has 0 fully saturated rings. The van der Waals surface area contributed by atoms with E-state index in [0.717, 1.165) is 24.4 Å². The van der Waals surface area contributed by atoms with Crippen molar-refractivity contribution in [3.63, 3.8) is 0 Å². The van der Waals surface area contributed by atoms with Gasteiger partial charge in [-0.3, -0.25) is 0 Å². The Morgan fingerprint density at radius 3 is 2.63 bits per heavy atom. The van der Waals surface area contributed by atoms with Gasteiger partial charge in [-0.15, -0.1) is 0 Å². The van der Waals surface area contributed by atoms with Gasteiger partial charge < -0.3 is 10.3 Å². The van der Waals surface area contributed by atoms with Crippen molar-refractivity contribution in [2.45, 2.75) is 33.6 Å². The molecule has 0 saturated carbocycles. The van der Waals surface area contributed by atoms with Gasteiger partial charge in [-0.1, -0.05) is 23.8 Å². The van der Waals surface area contributed by atoms with Gasteiger partial charge in [-0.05, 0) is 38.4 Å². The third kappa shape index (κ3) is 2.87. The largest absolute Gasteiger partial charge is 0.334 e. The van der Waals surface area contributed by atoms with Crippen LogP contribution in [-0.2, 0) is 19.9 Å². The summed E-state index contributed by atoms with van der Waals surface area (Å²) in [4.78, 5) is 4.63. The summed E-state index contributed by atoms with van der Waals surface area (Å²) in [6, 6.07) is 6.62. The van der Waals surface area contributed by atoms with Gasteiger partial charge in [-0.25, -0.2) is 4.98 Å². The normalized spacial score (nSPS) is 11.0. The van der Waals surface area contributed by atoms with Gasteiger partial charge in [0.15, 0.2) is 0 Å². The van der Waals surface area contributed by atoms with Crippen molar-refractivity contribution < 1.29 is 0 Å². The second kappa shape index (κ2) is 5.57. The van der Waals surface area contributed by atoms with Crippen LogP contribution in [0.15, 0.2) is 18.2 Å². The molecule has 19 heavy (non-hydrogen) atoms. The van der Waals surface area contributed by atoms with Crippen LogP contribution < -0.4 is 5.73 Å². The van der Waals surface area contributed by atoms with Crippen LogP contribution in [-0.4, -0.2) is 16.1 Å². The van der Waals surface area contributed by atoms with E-state index >= 15 is 0 Å². The van der Waals surface area contributed by atoms with Crippen LogP contribution in [0.25, 0.3) is 0 Å². The van der Waals surface area contributed by atoms with Crippen LogP contribution in [0, 0.1) is 20.8 Å². The predicted molar refractivity (Wildman–Crippen MR) is 79.4 cm³/mol. The monoisotopic (exact) mass is 257 g/mol. The average molecular weight is 257 g/mol. The first-order chi connectivity index (χ1) is 9.02. The molecule has 0 aliphatic heterocycles.